The third-order valence-electron chi connectivity index (χ3n) is 7.15. The van der Waals surface area contributed by atoms with Crippen LogP contribution in [0.4, 0.5) is 5.69 Å². The lowest BCUT2D eigenvalue weighted by Crippen LogP contribution is -2.37. The van der Waals surface area contributed by atoms with Gasteiger partial charge < -0.3 is 19.3 Å². The zero-order valence-electron chi connectivity index (χ0n) is 24.2. The lowest BCUT2D eigenvalue weighted by Gasteiger charge is -2.31. The Morgan fingerprint density at radius 2 is 1.66 bits per heavy atom. The van der Waals surface area contributed by atoms with Gasteiger partial charge in [0.2, 0.25) is 0 Å². The van der Waals surface area contributed by atoms with Gasteiger partial charge in [-0.1, -0.05) is 12.1 Å². The Hall–Kier alpha value is -4.33. The van der Waals surface area contributed by atoms with Crippen molar-refractivity contribution in [2.45, 2.75) is 52.9 Å². The summed E-state index contributed by atoms with van der Waals surface area (Å²) in [5.41, 5.74) is 3.47. The van der Waals surface area contributed by atoms with Gasteiger partial charge in [0.15, 0.2) is 0 Å². The zero-order valence-corrected chi connectivity index (χ0v) is 24.2. The molecule has 3 aromatic carbocycles. The Morgan fingerprint density at radius 3 is 2.32 bits per heavy atom. The van der Waals surface area contributed by atoms with E-state index in [1.54, 1.807) is 20.1 Å². The molecule has 0 saturated heterocycles. The topological polar surface area (TPSA) is 102 Å². The van der Waals surface area contributed by atoms with E-state index in [-0.39, 0.29) is 30.8 Å². The number of esters is 2. The van der Waals surface area contributed by atoms with Crippen LogP contribution in [0.3, 0.4) is 0 Å². The molecule has 0 aromatic heterocycles. The molecule has 8 heteroatoms. The van der Waals surface area contributed by atoms with Gasteiger partial charge in [0.1, 0.15) is 23.8 Å². The molecule has 0 aliphatic heterocycles. The number of methoxy groups -OCH3 is 1. The second-order valence-electron chi connectivity index (χ2n) is 11.2. The number of benzene rings is 3. The van der Waals surface area contributed by atoms with E-state index < -0.39 is 17.3 Å². The molecule has 1 atom stereocenters. The summed E-state index contributed by atoms with van der Waals surface area (Å²) in [6, 6.07) is 17.3. The molecule has 0 radical (unpaired) electrons. The van der Waals surface area contributed by atoms with Gasteiger partial charge >= 0.3 is 11.9 Å². The monoisotopic (exact) mass is 559 g/mol. The summed E-state index contributed by atoms with van der Waals surface area (Å²) in [7, 11) is 1.55. The number of ether oxygens (including phenoxy) is 3. The Bertz CT molecular complexity index is 1420. The van der Waals surface area contributed by atoms with Crippen LogP contribution >= 0.6 is 0 Å². The molecule has 1 aliphatic carbocycles. The Labute approximate surface area is 240 Å². The molecule has 4 rings (SSSR count). The predicted octanol–water partition coefficient (Wildman–Crippen LogP) is 5.83. The number of hydrogen-bond donors (Lipinski definition) is 1. The van der Waals surface area contributed by atoms with E-state index in [4.69, 9.17) is 14.2 Å². The first-order valence-corrected chi connectivity index (χ1v) is 13.8. The molecule has 0 heterocycles. The standard InChI is InChI=1S/C33H37NO7/c1-6-40-30(36)20-34(31(37)21-9-12-25(35)13-10-21)29-19-26(39-5)15-16-28(29)24-8-7-23-18-27(14-11-22(23)17-24)41-32(38)33(2,3)4/h9-16,18-19,24,35H,6-8,17,20H2,1-5H3/t24-/m1/s1. The number of aromatic hydroxyl groups is 1. The minimum absolute atomic E-state index is 0.0396. The molecule has 216 valence electrons. The van der Waals surface area contributed by atoms with E-state index in [2.05, 4.69) is 0 Å². The lowest BCUT2D eigenvalue weighted by molar-refractivity contribution is -0.143. The summed E-state index contributed by atoms with van der Waals surface area (Å²) in [6.45, 7) is 7.10. The molecule has 1 aliphatic rings. The second-order valence-corrected chi connectivity index (χ2v) is 11.2. The van der Waals surface area contributed by atoms with Crippen molar-refractivity contribution in [2.24, 2.45) is 5.41 Å². The Kier molecular flexibility index (Phi) is 9.01. The van der Waals surface area contributed by atoms with Crippen molar-refractivity contribution in [3.8, 4) is 17.2 Å². The highest BCUT2D eigenvalue weighted by molar-refractivity contribution is 6.09. The summed E-state index contributed by atoms with van der Waals surface area (Å²) in [5, 5.41) is 9.73. The highest BCUT2D eigenvalue weighted by Gasteiger charge is 2.30. The number of rotatable bonds is 8. The third-order valence-corrected chi connectivity index (χ3v) is 7.15. The number of amides is 1. The number of phenolic OH excluding ortho intramolecular Hbond substituents is 1. The van der Waals surface area contributed by atoms with Gasteiger partial charge in [-0.05, 0) is 112 Å². The van der Waals surface area contributed by atoms with Gasteiger partial charge in [-0.2, -0.15) is 0 Å². The molecular weight excluding hydrogens is 522 g/mol. The highest BCUT2D eigenvalue weighted by atomic mass is 16.5. The molecule has 1 N–H and O–H groups in total. The first kappa shape index (κ1) is 29.6. The highest BCUT2D eigenvalue weighted by Crippen LogP contribution is 2.40. The van der Waals surface area contributed by atoms with E-state index >= 15 is 0 Å². The summed E-state index contributed by atoms with van der Waals surface area (Å²) >= 11 is 0. The van der Waals surface area contributed by atoms with Crippen molar-refractivity contribution in [3.63, 3.8) is 0 Å². The van der Waals surface area contributed by atoms with E-state index in [9.17, 15) is 19.5 Å². The molecule has 41 heavy (non-hydrogen) atoms. The molecule has 1 amide bonds. The van der Waals surface area contributed by atoms with Crippen molar-refractivity contribution >= 4 is 23.5 Å². The normalized spacial score (nSPS) is 14.5. The fourth-order valence-electron chi connectivity index (χ4n) is 4.91. The first-order valence-electron chi connectivity index (χ1n) is 13.8. The number of nitrogens with zero attached hydrogens (tertiary/aromatic N) is 1. The van der Waals surface area contributed by atoms with Crippen LogP contribution in [-0.2, 0) is 27.2 Å². The van der Waals surface area contributed by atoms with Gasteiger partial charge in [-0.15, -0.1) is 0 Å². The number of phenols is 1. The van der Waals surface area contributed by atoms with Crippen LogP contribution in [0.2, 0.25) is 0 Å². The summed E-state index contributed by atoms with van der Waals surface area (Å²) < 4.78 is 16.3. The average Bonchev–Trinajstić information content (AvgIpc) is 2.95. The van der Waals surface area contributed by atoms with E-state index in [0.29, 0.717) is 29.2 Å². The predicted molar refractivity (Wildman–Crippen MR) is 156 cm³/mol. The second kappa shape index (κ2) is 12.5. The van der Waals surface area contributed by atoms with Crippen molar-refractivity contribution < 1.29 is 33.7 Å². The Balaban J connectivity index is 1.69. The molecule has 8 nitrogen and oxygen atoms in total. The molecule has 0 bridgehead atoms. The fourth-order valence-corrected chi connectivity index (χ4v) is 4.91. The Morgan fingerprint density at radius 1 is 0.951 bits per heavy atom. The van der Waals surface area contributed by atoms with Crippen molar-refractivity contribution in [3.05, 3.63) is 82.9 Å². The van der Waals surface area contributed by atoms with Crippen LogP contribution in [0.25, 0.3) is 0 Å². The van der Waals surface area contributed by atoms with Gasteiger partial charge in [0.05, 0.1) is 24.8 Å². The third kappa shape index (κ3) is 7.06. The summed E-state index contributed by atoms with van der Waals surface area (Å²) in [6.07, 6.45) is 2.27. The number of carbonyl (C=O) groups is 3. The number of hydrogen-bond acceptors (Lipinski definition) is 7. The van der Waals surface area contributed by atoms with Crippen LogP contribution in [0, 0.1) is 5.41 Å². The summed E-state index contributed by atoms with van der Waals surface area (Å²) in [5.74, 6) is -0.0192. The minimum Gasteiger partial charge on any atom is -0.508 e. The number of anilines is 1. The first-order chi connectivity index (χ1) is 19.5. The van der Waals surface area contributed by atoms with E-state index in [1.807, 2.05) is 51.1 Å². The molecule has 0 fully saturated rings. The van der Waals surface area contributed by atoms with E-state index in [0.717, 1.165) is 29.5 Å². The van der Waals surface area contributed by atoms with Gasteiger partial charge in [0.25, 0.3) is 5.91 Å². The van der Waals surface area contributed by atoms with Crippen molar-refractivity contribution in [2.75, 3.05) is 25.2 Å². The van der Waals surface area contributed by atoms with Crippen molar-refractivity contribution in [1.29, 1.82) is 0 Å². The van der Waals surface area contributed by atoms with Crippen LogP contribution in [0.1, 0.15) is 67.1 Å². The molecule has 3 aromatic rings. The molecule has 0 unspecified atom stereocenters. The van der Waals surface area contributed by atoms with Gasteiger partial charge in [-0.3, -0.25) is 19.3 Å². The lowest BCUT2D eigenvalue weighted by atomic mass is 9.79. The van der Waals surface area contributed by atoms with Crippen LogP contribution in [-0.4, -0.2) is 43.2 Å². The quantitative estimate of drug-likeness (QED) is 0.273. The number of carbonyl (C=O) groups excluding carboxylic acids is 3. The SMILES string of the molecule is CCOC(=O)CN(C(=O)c1ccc(O)cc1)c1cc(OC)ccc1[C@@H]1CCc2cc(OC(=O)C(C)(C)C)ccc2C1. The van der Waals surface area contributed by atoms with Gasteiger partial charge in [0, 0.05) is 11.6 Å². The maximum Gasteiger partial charge on any atom is 0.326 e. The molecule has 0 saturated carbocycles. The molecule has 0 spiro atoms. The van der Waals surface area contributed by atoms with Crippen molar-refractivity contribution in [1.82, 2.24) is 0 Å². The van der Waals surface area contributed by atoms with E-state index in [1.165, 1.54) is 29.2 Å². The fraction of sp³-hybridized carbons (Fsp3) is 0.364. The molecular formula is C33H37NO7. The van der Waals surface area contributed by atoms with Crippen LogP contribution in [0.15, 0.2) is 60.7 Å². The largest absolute Gasteiger partial charge is 0.508 e. The minimum atomic E-state index is -0.598. The van der Waals surface area contributed by atoms with Gasteiger partial charge in [-0.25, -0.2) is 0 Å². The average molecular weight is 560 g/mol. The number of fused-ring (bicyclic) bond motifs is 1. The van der Waals surface area contributed by atoms with Crippen LogP contribution < -0.4 is 14.4 Å². The summed E-state index contributed by atoms with van der Waals surface area (Å²) in [4.78, 5) is 40.2. The van der Waals surface area contributed by atoms with Crippen LogP contribution in [0.5, 0.6) is 17.2 Å². The smallest absolute Gasteiger partial charge is 0.326 e. The maximum atomic E-state index is 13.8. The number of aryl methyl sites for hydroxylation is 1. The zero-order chi connectivity index (χ0) is 29.7. The maximum absolute atomic E-state index is 13.8.